The number of rotatable bonds is 5. The van der Waals surface area contributed by atoms with E-state index in [1.807, 2.05) is 26.0 Å². The van der Waals surface area contributed by atoms with Crippen LogP contribution in [0, 0.1) is 19.7 Å². The van der Waals surface area contributed by atoms with Gasteiger partial charge in [-0.15, -0.1) is 0 Å². The molecule has 4 rings (SSSR count). The average Bonchev–Trinajstić information content (AvgIpc) is 3.21. The van der Waals surface area contributed by atoms with Crippen molar-refractivity contribution >= 4 is 11.6 Å². The smallest absolute Gasteiger partial charge is 0.238 e. The second-order valence-electron chi connectivity index (χ2n) is 7.88. The van der Waals surface area contributed by atoms with Crippen molar-refractivity contribution in [3.8, 4) is 11.4 Å². The molecule has 1 aliphatic rings. The summed E-state index contributed by atoms with van der Waals surface area (Å²) in [7, 11) is 0. The number of amides is 1. The normalized spacial score (nSPS) is 15.3. The molecule has 1 amide bonds. The third kappa shape index (κ3) is 4.74. The number of carbonyl (C=O) groups is 1. The largest absolute Gasteiger partial charge is 0.339 e. The van der Waals surface area contributed by atoms with Crippen LogP contribution in [-0.4, -0.2) is 40.6 Å². The summed E-state index contributed by atoms with van der Waals surface area (Å²) >= 11 is 0. The van der Waals surface area contributed by atoms with Crippen molar-refractivity contribution in [3.63, 3.8) is 0 Å². The number of anilines is 1. The maximum Gasteiger partial charge on any atom is 0.238 e. The highest BCUT2D eigenvalue weighted by Crippen LogP contribution is 2.28. The zero-order valence-electron chi connectivity index (χ0n) is 17.2. The fraction of sp³-hybridized carbons (Fsp3) is 0.348. The molecular weight excluding hydrogens is 383 g/mol. The molecule has 6 nitrogen and oxygen atoms in total. The number of piperidine rings is 1. The van der Waals surface area contributed by atoms with Gasteiger partial charge in [-0.1, -0.05) is 35.0 Å². The van der Waals surface area contributed by atoms with E-state index in [9.17, 15) is 9.18 Å². The van der Waals surface area contributed by atoms with Crippen LogP contribution in [0.3, 0.4) is 0 Å². The minimum absolute atomic E-state index is 0.00779. The van der Waals surface area contributed by atoms with Gasteiger partial charge >= 0.3 is 0 Å². The molecule has 0 spiro atoms. The molecule has 0 saturated carbocycles. The number of nitrogens with zero attached hydrogens (tertiary/aromatic N) is 3. The molecular formula is C23H25FN4O2. The summed E-state index contributed by atoms with van der Waals surface area (Å²) in [6.07, 6.45) is 1.67. The molecule has 0 aliphatic carbocycles. The number of carbonyl (C=O) groups excluding carboxylic acids is 1. The standard InChI is InChI=1S/C23H25FN4O2/c1-15-6-7-20(16(2)12-15)25-21(29)14-28-10-8-17(9-11-28)23-26-22(27-30-23)18-4-3-5-19(24)13-18/h3-7,12-13,17H,8-11,14H2,1-2H3,(H,25,29). The Morgan fingerprint density at radius 2 is 2.00 bits per heavy atom. The highest BCUT2D eigenvalue weighted by molar-refractivity contribution is 5.93. The Bertz CT molecular complexity index is 1040. The highest BCUT2D eigenvalue weighted by atomic mass is 19.1. The lowest BCUT2D eigenvalue weighted by atomic mass is 9.97. The van der Waals surface area contributed by atoms with E-state index in [1.54, 1.807) is 12.1 Å². The number of hydrogen-bond acceptors (Lipinski definition) is 5. The maximum atomic E-state index is 13.4. The summed E-state index contributed by atoms with van der Waals surface area (Å²) in [6.45, 7) is 5.95. The molecule has 1 aliphatic heterocycles. The van der Waals surface area contributed by atoms with E-state index in [2.05, 4.69) is 26.4 Å². The van der Waals surface area contributed by atoms with E-state index >= 15 is 0 Å². The summed E-state index contributed by atoms with van der Waals surface area (Å²) in [4.78, 5) is 19.0. The summed E-state index contributed by atoms with van der Waals surface area (Å²) < 4.78 is 18.8. The van der Waals surface area contributed by atoms with Crippen molar-refractivity contribution in [1.29, 1.82) is 0 Å². The lowest BCUT2D eigenvalue weighted by Crippen LogP contribution is -2.38. The van der Waals surface area contributed by atoms with Crippen LogP contribution in [0.1, 0.15) is 35.8 Å². The number of likely N-dealkylation sites (tertiary alicyclic amines) is 1. The predicted molar refractivity (Wildman–Crippen MR) is 113 cm³/mol. The molecule has 1 saturated heterocycles. The molecule has 0 unspecified atom stereocenters. The molecule has 0 radical (unpaired) electrons. The summed E-state index contributed by atoms with van der Waals surface area (Å²) in [6, 6.07) is 12.2. The van der Waals surface area contributed by atoms with E-state index < -0.39 is 0 Å². The Hall–Kier alpha value is -3.06. The zero-order chi connectivity index (χ0) is 21.1. The first-order valence-corrected chi connectivity index (χ1v) is 10.2. The third-order valence-electron chi connectivity index (χ3n) is 5.48. The zero-order valence-corrected chi connectivity index (χ0v) is 17.2. The average molecular weight is 408 g/mol. The Labute approximate surface area is 175 Å². The maximum absolute atomic E-state index is 13.4. The molecule has 30 heavy (non-hydrogen) atoms. The Balaban J connectivity index is 1.30. The van der Waals surface area contributed by atoms with E-state index in [-0.39, 0.29) is 17.6 Å². The van der Waals surface area contributed by atoms with Crippen LogP contribution in [-0.2, 0) is 4.79 Å². The van der Waals surface area contributed by atoms with Crippen LogP contribution >= 0.6 is 0 Å². The van der Waals surface area contributed by atoms with Gasteiger partial charge in [0.05, 0.1) is 6.54 Å². The van der Waals surface area contributed by atoms with Gasteiger partial charge < -0.3 is 9.84 Å². The number of aryl methyl sites for hydroxylation is 2. The van der Waals surface area contributed by atoms with Gasteiger partial charge in [0.2, 0.25) is 17.6 Å². The fourth-order valence-corrected chi connectivity index (χ4v) is 3.83. The van der Waals surface area contributed by atoms with Gasteiger partial charge in [0.25, 0.3) is 0 Å². The van der Waals surface area contributed by atoms with Crippen LogP contribution in [0.5, 0.6) is 0 Å². The molecule has 3 aromatic rings. The van der Waals surface area contributed by atoms with Gasteiger partial charge in [0.1, 0.15) is 5.82 Å². The van der Waals surface area contributed by atoms with Crippen molar-refractivity contribution in [2.75, 3.05) is 25.0 Å². The summed E-state index contributed by atoms with van der Waals surface area (Å²) in [5.74, 6) is 0.796. The van der Waals surface area contributed by atoms with Gasteiger partial charge in [0.15, 0.2) is 0 Å². The predicted octanol–water partition coefficient (Wildman–Crippen LogP) is 4.31. The summed E-state index contributed by atoms with van der Waals surface area (Å²) in [5, 5.41) is 7.00. The molecule has 7 heteroatoms. The number of nitrogens with one attached hydrogen (secondary N) is 1. The van der Waals surface area contributed by atoms with Gasteiger partial charge in [-0.2, -0.15) is 4.98 Å². The van der Waals surface area contributed by atoms with Gasteiger partial charge in [-0.05, 0) is 63.5 Å². The molecule has 1 N–H and O–H groups in total. The van der Waals surface area contributed by atoms with Crippen LogP contribution in [0.25, 0.3) is 11.4 Å². The molecule has 2 heterocycles. The minimum atomic E-state index is -0.328. The van der Waals surface area contributed by atoms with E-state index in [0.717, 1.165) is 37.2 Å². The van der Waals surface area contributed by atoms with E-state index in [0.29, 0.717) is 23.8 Å². The molecule has 0 bridgehead atoms. The first kappa shape index (κ1) is 20.2. The van der Waals surface area contributed by atoms with Crippen LogP contribution in [0.4, 0.5) is 10.1 Å². The molecule has 156 valence electrons. The monoisotopic (exact) mass is 408 g/mol. The lowest BCUT2D eigenvalue weighted by Gasteiger charge is -2.29. The first-order chi connectivity index (χ1) is 14.5. The molecule has 1 aromatic heterocycles. The quantitative estimate of drug-likeness (QED) is 0.681. The van der Waals surface area contributed by atoms with Gasteiger partial charge in [-0.25, -0.2) is 4.39 Å². The van der Waals surface area contributed by atoms with Crippen molar-refractivity contribution in [2.45, 2.75) is 32.6 Å². The number of halogens is 1. The van der Waals surface area contributed by atoms with Crippen LogP contribution in [0.15, 0.2) is 47.0 Å². The molecule has 0 atom stereocenters. The van der Waals surface area contributed by atoms with Crippen molar-refractivity contribution < 1.29 is 13.7 Å². The number of hydrogen-bond donors (Lipinski definition) is 1. The highest BCUT2D eigenvalue weighted by Gasteiger charge is 2.26. The van der Waals surface area contributed by atoms with Crippen molar-refractivity contribution in [2.24, 2.45) is 0 Å². The summed E-state index contributed by atoms with van der Waals surface area (Å²) in [5.41, 5.74) is 3.70. The third-order valence-corrected chi connectivity index (χ3v) is 5.48. The van der Waals surface area contributed by atoms with Crippen molar-refractivity contribution in [1.82, 2.24) is 15.0 Å². The number of aromatic nitrogens is 2. The molecule has 2 aromatic carbocycles. The fourth-order valence-electron chi connectivity index (χ4n) is 3.83. The minimum Gasteiger partial charge on any atom is -0.339 e. The van der Waals surface area contributed by atoms with Crippen LogP contribution < -0.4 is 5.32 Å². The Morgan fingerprint density at radius 3 is 2.73 bits per heavy atom. The lowest BCUT2D eigenvalue weighted by molar-refractivity contribution is -0.117. The second-order valence-corrected chi connectivity index (χ2v) is 7.88. The first-order valence-electron chi connectivity index (χ1n) is 10.2. The number of benzene rings is 2. The Morgan fingerprint density at radius 1 is 1.20 bits per heavy atom. The van der Waals surface area contributed by atoms with E-state index in [1.165, 1.54) is 17.7 Å². The second kappa shape index (κ2) is 8.75. The van der Waals surface area contributed by atoms with Crippen LogP contribution in [0.2, 0.25) is 0 Å². The topological polar surface area (TPSA) is 71.3 Å². The molecule has 1 fully saturated rings. The van der Waals surface area contributed by atoms with Crippen molar-refractivity contribution in [3.05, 3.63) is 65.3 Å². The van der Waals surface area contributed by atoms with Gasteiger partial charge in [-0.3, -0.25) is 9.69 Å². The van der Waals surface area contributed by atoms with E-state index in [4.69, 9.17) is 4.52 Å². The van der Waals surface area contributed by atoms with Gasteiger partial charge in [0, 0.05) is 17.2 Å². The Kier molecular flexibility index (Phi) is 5.90. The SMILES string of the molecule is Cc1ccc(NC(=O)CN2CCC(c3nc(-c4cccc(F)c4)no3)CC2)c(C)c1.